The van der Waals surface area contributed by atoms with Crippen molar-refractivity contribution in [1.82, 2.24) is 30.3 Å². The van der Waals surface area contributed by atoms with Gasteiger partial charge in [-0.15, -0.1) is 5.10 Å². The zero-order valence-corrected chi connectivity index (χ0v) is 17.6. The van der Waals surface area contributed by atoms with Crippen molar-refractivity contribution >= 4 is 29.3 Å². The van der Waals surface area contributed by atoms with Crippen LogP contribution >= 0.6 is 23.4 Å². The first-order valence-electron chi connectivity index (χ1n) is 9.53. The number of carbonyl (C=O) groups excluding carboxylic acids is 1. The smallest absolute Gasteiger partial charge is 0.274 e. The van der Waals surface area contributed by atoms with Gasteiger partial charge in [0.2, 0.25) is 0 Å². The van der Waals surface area contributed by atoms with Crippen LogP contribution in [0.4, 0.5) is 0 Å². The average molecular weight is 429 g/mol. The molecule has 0 aliphatic heterocycles. The minimum absolute atomic E-state index is 0.189. The molecule has 9 heteroatoms. The number of rotatable bonds is 6. The molecule has 150 valence electrons. The lowest BCUT2D eigenvalue weighted by atomic mass is 10.2. The van der Waals surface area contributed by atoms with Gasteiger partial charge in [-0.3, -0.25) is 4.79 Å². The lowest BCUT2D eigenvalue weighted by molar-refractivity contribution is 0.0932. The molecule has 0 saturated heterocycles. The second-order valence-corrected chi connectivity index (χ2v) is 8.35. The number of carbonyl (C=O) groups is 1. The first kappa shape index (κ1) is 19.8. The normalized spacial score (nSPS) is 14.3. The first-order chi connectivity index (χ1) is 14.1. The zero-order chi connectivity index (χ0) is 20.2. The zero-order valence-electron chi connectivity index (χ0n) is 16.0. The van der Waals surface area contributed by atoms with Gasteiger partial charge in [0.15, 0.2) is 10.9 Å². The lowest BCUT2D eigenvalue weighted by Crippen LogP contribution is -2.33. The SMILES string of the molecule is Cc1ccc(-n2nnc(C(=O)NC3CCCC3)c2CSc2ncccn2)cc1Cl. The van der Waals surface area contributed by atoms with Crippen molar-refractivity contribution in [2.24, 2.45) is 0 Å². The van der Waals surface area contributed by atoms with Crippen LogP contribution in [-0.4, -0.2) is 36.9 Å². The van der Waals surface area contributed by atoms with Gasteiger partial charge in [-0.1, -0.05) is 47.5 Å². The highest BCUT2D eigenvalue weighted by Crippen LogP contribution is 2.26. The molecule has 0 bridgehead atoms. The minimum Gasteiger partial charge on any atom is -0.348 e. The number of halogens is 1. The number of nitrogens with zero attached hydrogens (tertiary/aromatic N) is 5. The number of hydrogen-bond donors (Lipinski definition) is 1. The molecule has 1 aromatic carbocycles. The summed E-state index contributed by atoms with van der Waals surface area (Å²) < 4.78 is 1.67. The fourth-order valence-electron chi connectivity index (χ4n) is 3.35. The summed E-state index contributed by atoms with van der Waals surface area (Å²) in [5.41, 5.74) is 2.76. The van der Waals surface area contributed by atoms with Crippen LogP contribution < -0.4 is 5.32 Å². The Hall–Kier alpha value is -2.45. The highest BCUT2D eigenvalue weighted by Gasteiger charge is 2.25. The monoisotopic (exact) mass is 428 g/mol. The van der Waals surface area contributed by atoms with E-state index >= 15 is 0 Å². The topological polar surface area (TPSA) is 85.6 Å². The van der Waals surface area contributed by atoms with E-state index in [0.29, 0.717) is 27.3 Å². The Morgan fingerprint density at radius 1 is 1.28 bits per heavy atom. The second-order valence-electron chi connectivity index (χ2n) is 7.00. The van der Waals surface area contributed by atoms with Crippen LogP contribution in [0.2, 0.25) is 5.02 Å². The third kappa shape index (κ3) is 4.59. The fourth-order valence-corrected chi connectivity index (χ4v) is 4.32. The quantitative estimate of drug-likeness (QED) is 0.472. The maximum Gasteiger partial charge on any atom is 0.274 e. The maximum atomic E-state index is 12.9. The molecule has 2 heterocycles. The summed E-state index contributed by atoms with van der Waals surface area (Å²) in [7, 11) is 0. The van der Waals surface area contributed by atoms with Gasteiger partial charge < -0.3 is 5.32 Å². The molecule has 1 amide bonds. The molecular formula is C20H21ClN6OS. The molecule has 1 fully saturated rings. The highest BCUT2D eigenvalue weighted by molar-refractivity contribution is 7.98. The van der Waals surface area contributed by atoms with Gasteiger partial charge in [-0.25, -0.2) is 14.6 Å². The predicted molar refractivity (Wildman–Crippen MR) is 112 cm³/mol. The number of hydrogen-bond acceptors (Lipinski definition) is 6. The predicted octanol–water partition coefficient (Wildman–Crippen LogP) is 3.98. The molecule has 0 unspecified atom stereocenters. The van der Waals surface area contributed by atoms with Crippen LogP contribution in [-0.2, 0) is 5.75 Å². The summed E-state index contributed by atoms with van der Waals surface area (Å²) in [5.74, 6) is 0.265. The Morgan fingerprint density at radius 2 is 2.03 bits per heavy atom. The van der Waals surface area contributed by atoms with Gasteiger partial charge in [0, 0.05) is 29.2 Å². The van der Waals surface area contributed by atoms with Gasteiger partial charge in [-0.2, -0.15) is 0 Å². The van der Waals surface area contributed by atoms with E-state index in [4.69, 9.17) is 11.6 Å². The van der Waals surface area contributed by atoms with E-state index < -0.39 is 0 Å². The van der Waals surface area contributed by atoms with Gasteiger partial charge in [0.05, 0.1) is 11.4 Å². The Labute approximate surface area is 178 Å². The Morgan fingerprint density at radius 3 is 2.76 bits per heavy atom. The summed E-state index contributed by atoms with van der Waals surface area (Å²) in [6, 6.07) is 7.65. The molecule has 29 heavy (non-hydrogen) atoms. The number of thioether (sulfide) groups is 1. The molecule has 1 aliphatic carbocycles. The van der Waals surface area contributed by atoms with Crippen molar-refractivity contribution in [1.29, 1.82) is 0 Å². The van der Waals surface area contributed by atoms with Crippen molar-refractivity contribution in [2.75, 3.05) is 0 Å². The Bertz CT molecular complexity index is 1000. The lowest BCUT2D eigenvalue weighted by Gasteiger charge is -2.12. The molecule has 0 radical (unpaired) electrons. The minimum atomic E-state index is -0.189. The van der Waals surface area contributed by atoms with Crippen LogP contribution in [0, 0.1) is 6.92 Å². The third-order valence-electron chi connectivity index (χ3n) is 4.95. The summed E-state index contributed by atoms with van der Waals surface area (Å²) in [6.45, 7) is 1.94. The van der Waals surface area contributed by atoms with Crippen molar-refractivity contribution in [2.45, 2.75) is 49.6 Å². The van der Waals surface area contributed by atoms with Gasteiger partial charge in [0.25, 0.3) is 5.91 Å². The van der Waals surface area contributed by atoms with E-state index in [1.165, 1.54) is 11.8 Å². The molecule has 1 saturated carbocycles. The van der Waals surface area contributed by atoms with Crippen molar-refractivity contribution < 1.29 is 4.79 Å². The molecule has 2 aromatic heterocycles. The van der Waals surface area contributed by atoms with Crippen LogP contribution in [0.25, 0.3) is 5.69 Å². The standard InChI is InChI=1S/C20H21ClN6OS/c1-13-7-8-15(11-16(13)21)27-17(12-29-20-22-9-4-10-23-20)18(25-26-27)19(28)24-14-5-2-3-6-14/h4,7-11,14H,2-3,5-6,12H2,1H3,(H,24,28). The molecule has 7 nitrogen and oxygen atoms in total. The van der Waals surface area contributed by atoms with E-state index in [0.717, 1.165) is 36.9 Å². The molecule has 1 N–H and O–H groups in total. The van der Waals surface area contributed by atoms with Crippen LogP contribution in [0.1, 0.15) is 47.4 Å². The molecule has 1 aliphatic rings. The summed E-state index contributed by atoms with van der Waals surface area (Å²) in [6.07, 6.45) is 7.70. The Kier molecular flexibility index (Phi) is 6.10. The fraction of sp³-hybridized carbons (Fsp3) is 0.350. The second kappa shape index (κ2) is 8.92. The van der Waals surface area contributed by atoms with E-state index in [2.05, 4.69) is 25.6 Å². The maximum absolute atomic E-state index is 12.9. The summed E-state index contributed by atoms with van der Waals surface area (Å²) >= 11 is 7.74. The summed E-state index contributed by atoms with van der Waals surface area (Å²) in [5, 5.41) is 12.8. The third-order valence-corrected chi connectivity index (χ3v) is 6.24. The number of amides is 1. The van der Waals surface area contributed by atoms with Crippen LogP contribution in [0.3, 0.4) is 0 Å². The van der Waals surface area contributed by atoms with Gasteiger partial charge in [-0.05, 0) is 43.5 Å². The highest BCUT2D eigenvalue weighted by atomic mass is 35.5. The van der Waals surface area contributed by atoms with Gasteiger partial charge >= 0.3 is 0 Å². The van der Waals surface area contributed by atoms with Crippen LogP contribution in [0.15, 0.2) is 41.8 Å². The number of nitrogens with one attached hydrogen (secondary N) is 1. The Balaban J connectivity index is 1.65. The average Bonchev–Trinajstić information content (AvgIpc) is 3.39. The molecule has 3 aromatic rings. The van der Waals surface area contributed by atoms with E-state index in [9.17, 15) is 4.79 Å². The molecule has 0 spiro atoms. The largest absolute Gasteiger partial charge is 0.348 e. The number of benzene rings is 1. The van der Waals surface area contributed by atoms with Gasteiger partial charge in [0.1, 0.15) is 0 Å². The van der Waals surface area contributed by atoms with Crippen LogP contribution in [0.5, 0.6) is 0 Å². The molecule has 4 rings (SSSR count). The van der Waals surface area contributed by atoms with E-state index in [1.54, 1.807) is 23.1 Å². The molecular weight excluding hydrogens is 408 g/mol. The van der Waals surface area contributed by atoms with E-state index in [-0.39, 0.29) is 11.9 Å². The van der Waals surface area contributed by atoms with Crippen molar-refractivity contribution in [3.8, 4) is 5.69 Å². The molecule has 0 atom stereocenters. The number of aromatic nitrogens is 5. The van der Waals surface area contributed by atoms with Crippen molar-refractivity contribution in [3.05, 3.63) is 58.6 Å². The van der Waals surface area contributed by atoms with E-state index in [1.807, 2.05) is 25.1 Å². The van der Waals surface area contributed by atoms with Crippen molar-refractivity contribution in [3.63, 3.8) is 0 Å². The first-order valence-corrected chi connectivity index (χ1v) is 10.9. The number of aryl methyl sites for hydroxylation is 1. The summed E-state index contributed by atoms with van der Waals surface area (Å²) in [4.78, 5) is 21.4.